The first-order valence-corrected chi connectivity index (χ1v) is 5.54. The van der Waals surface area contributed by atoms with Crippen molar-refractivity contribution in [2.45, 2.75) is 12.8 Å². The zero-order valence-corrected chi connectivity index (χ0v) is 9.43. The fourth-order valence-corrected chi connectivity index (χ4v) is 2.00. The highest BCUT2D eigenvalue weighted by Gasteiger charge is 2.18. The van der Waals surface area contributed by atoms with E-state index in [-0.39, 0.29) is 5.92 Å². The quantitative estimate of drug-likeness (QED) is 0.724. The summed E-state index contributed by atoms with van der Waals surface area (Å²) in [5.41, 5.74) is 1.12. The third-order valence-corrected chi connectivity index (χ3v) is 3.02. The van der Waals surface area contributed by atoms with Crippen LogP contribution in [-0.4, -0.2) is 31.5 Å². The maximum absolute atomic E-state index is 10.7. The Morgan fingerprint density at radius 1 is 1.50 bits per heavy atom. The molecule has 0 unspecified atom stereocenters. The number of hydrogen-bond donors (Lipinski definition) is 0. The largest absolute Gasteiger partial charge is 0.481 e. The predicted octanol–water partition coefficient (Wildman–Crippen LogP) is 1.51. The van der Waals surface area contributed by atoms with E-state index in [1.807, 2.05) is 12.1 Å². The summed E-state index contributed by atoms with van der Waals surface area (Å²) >= 11 is 0. The van der Waals surface area contributed by atoms with Gasteiger partial charge in [0, 0.05) is 37.0 Å². The lowest BCUT2D eigenvalue weighted by Crippen LogP contribution is -2.34. The molecule has 0 aromatic carbocycles. The minimum Gasteiger partial charge on any atom is -0.481 e. The summed E-state index contributed by atoms with van der Waals surface area (Å²) in [6, 6.07) is 3.91. The van der Waals surface area contributed by atoms with Gasteiger partial charge in [-0.1, -0.05) is 0 Å². The van der Waals surface area contributed by atoms with Crippen LogP contribution >= 0.6 is 0 Å². The van der Waals surface area contributed by atoms with Crippen LogP contribution in [-0.2, 0) is 4.79 Å². The van der Waals surface area contributed by atoms with Gasteiger partial charge in [0.05, 0.1) is 7.11 Å². The van der Waals surface area contributed by atoms with Gasteiger partial charge in [-0.15, -0.1) is 0 Å². The van der Waals surface area contributed by atoms with Crippen LogP contribution in [0.4, 0.5) is 5.69 Å². The monoisotopic (exact) mass is 220 g/mol. The molecule has 0 radical (unpaired) electrons. The Hall–Kier alpha value is -1.58. The topological polar surface area (TPSA) is 42.4 Å². The van der Waals surface area contributed by atoms with Gasteiger partial charge in [-0.05, 0) is 18.9 Å². The van der Waals surface area contributed by atoms with Gasteiger partial charge < -0.3 is 14.4 Å². The Bertz CT molecular complexity index is 360. The van der Waals surface area contributed by atoms with Crippen LogP contribution in [0.5, 0.6) is 5.88 Å². The molecule has 0 bridgehead atoms. The zero-order valence-electron chi connectivity index (χ0n) is 9.43. The van der Waals surface area contributed by atoms with Crippen molar-refractivity contribution >= 4 is 12.0 Å². The second-order valence-corrected chi connectivity index (χ2v) is 4.02. The van der Waals surface area contributed by atoms with Crippen LogP contribution in [0.3, 0.4) is 0 Å². The van der Waals surface area contributed by atoms with Crippen molar-refractivity contribution in [3.05, 3.63) is 18.3 Å². The number of piperidine rings is 1. The molecule has 0 amide bonds. The number of pyridine rings is 1. The molecule has 1 fully saturated rings. The highest BCUT2D eigenvalue weighted by Crippen LogP contribution is 2.24. The van der Waals surface area contributed by atoms with Crippen LogP contribution in [0.15, 0.2) is 18.3 Å². The fourth-order valence-electron chi connectivity index (χ4n) is 2.00. The molecule has 1 aromatic heterocycles. The first-order chi connectivity index (χ1) is 7.83. The number of rotatable bonds is 3. The normalized spacial score (nSPS) is 17.2. The lowest BCUT2D eigenvalue weighted by Gasteiger charge is -2.31. The van der Waals surface area contributed by atoms with E-state index in [1.165, 1.54) is 0 Å². The van der Waals surface area contributed by atoms with Crippen molar-refractivity contribution in [2.24, 2.45) is 5.92 Å². The molecule has 86 valence electrons. The van der Waals surface area contributed by atoms with E-state index in [9.17, 15) is 4.79 Å². The number of carbonyl (C=O) groups excluding carboxylic acids is 1. The molecule has 16 heavy (non-hydrogen) atoms. The van der Waals surface area contributed by atoms with E-state index < -0.39 is 0 Å². The number of hydrogen-bond acceptors (Lipinski definition) is 4. The molecule has 4 nitrogen and oxygen atoms in total. The zero-order chi connectivity index (χ0) is 11.4. The van der Waals surface area contributed by atoms with Crippen molar-refractivity contribution in [3.63, 3.8) is 0 Å². The molecule has 2 rings (SSSR count). The van der Waals surface area contributed by atoms with Crippen LogP contribution in [0, 0.1) is 5.92 Å². The molecule has 0 saturated carbocycles. The minimum atomic E-state index is 0.236. The van der Waals surface area contributed by atoms with Gasteiger partial charge in [0.1, 0.15) is 6.29 Å². The van der Waals surface area contributed by atoms with Gasteiger partial charge in [-0.2, -0.15) is 0 Å². The average molecular weight is 220 g/mol. The third kappa shape index (κ3) is 2.32. The second kappa shape index (κ2) is 4.96. The highest BCUT2D eigenvalue weighted by atomic mass is 16.5. The maximum atomic E-state index is 10.7. The first-order valence-electron chi connectivity index (χ1n) is 5.54. The fraction of sp³-hybridized carbons (Fsp3) is 0.500. The molecule has 0 aliphatic carbocycles. The molecular weight excluding hydrogens is 204 g/mol. The lowest BCUT2D eigenvalue weighted by atomic mass is 9.98. The number of carbonyl (C=O) groups is 1. The number of methoxy groups -OCH3 is 1. The van der Waals surface area contributed by atoms with Gasteiger partial charge in [-0.25, -0.2) is 4.98 Å². The van der Waals surface area contributed by atoms with Crippen LogP contribution in [0.25, 0.3) is 0 Å². The summed E-state index contributed by atoms with van der Waals surface area (Å²) < 4.78 is 5.09. The molecule has 1 saturated heterocycles. The molecule has 1 aliphatic rings. The maximum Gasteiger partial charge on any atom is 0.214 e. The number of aromatic nitrogens is 1. The molecule has 0 atom stereocenters. The van der Waals surface area contributed by atoms with Crippen LogP contribution in [0.1, 0.15) is 12.8 Å². The van der Waals surface area contributed by atoms with E-state index in [4.69, 9.17) is 4.74 Å². The molecule has 1 aliphatic heterocycles. The van der Waals surface area contributed by atoms with Gasteiger partial charge >= 0.3 is 0 Å². The highest BCUT2D eigenvalue weighted by molar-refractivity contribution is 5.55. The number of aldehydes is 1. The Kier molecular flexibility index (Phi) is 3.39. The summed E-state index contributed by atoms with van der Waals surface area (Å²) in [6.45, 7) is 1.85. The van der Waals surface area contributed by atoms with Gasteiger partial charge in [-0.3, -0.25) is 0 Å². The summed E-state index contributed by atoms with van der Waals surface area (Å²) in [7, 11) is 1.62. The Morgan fingerprint density at radius 2 is 2.25 bits per heavy atom. The van der Waals surface area contributed by atoms with Crippen molar-refractivity contribution in [1.29, 1.82) is 0 Å². The van der Waals surface area contributed by atoms with Gasteiger partial charge in [0.15, 0.2) is 0 Å². The molecule has 1 aromatic rings. The van der Waals surface area contributed by atoms with E-state index in [1.54, 1.807) is 13.3 Å². The Balaban J connectivity index is 2.04. The number of nitrogens with zero attached hydrogens (tertiary/aromatic N) is 2. The van der Waals surface area contributed by atoms with E-state index in [2.05, 4.69) is 9.88 Å². The average Bonchev–Trinajstić information content (AvgIpc) is 2.39. The third-order valence-electron chi connectivity index (χ3n) is 3.02. The summed E-state index contributed by atoms with van der Waals surface area (Å²) in [5, 5.41) is 0. The molecule has 0 N–H and O–H groups in total. The number of anilines is 1. The minimum absolute atomic E-state index is 0.236. The smallest absolute Gasteiger partial charge is 0.214 e. The SMILES string of the molecule is COc1cc(N2CCC(C=O)CC2)ccn1. The van der Waals surface area contributed by atoms with Crippen molar-refractivity contribution in [1.82, 2.24) is 4.98 Å². The Labute approximate surface area is 95.2 Å². The van der Waals surface area contributed by atoms with E-state index in [0.717, 1.165) is 37.9 Å². The second-order valence-electron chi connectivity index (χ2n) is 4.02. The van der Waals surface area contributed by atoms with Crippen molar-refractivity contribution in [2.75, 3.05) is 25.1 Å². The molecular formula is C12H16N2O2. The number of ether oxygens (including phenoxy) is 1. The lowest BCUT2D eigenvalue weighted by molar-refractivity contribution is -0.111. The predicted molar refractivity (Wildman–Crippen MR) is 61.8 cm³/mol. The van der Waals surface area contributed by atoms with E-state index >= 15 is 0 Å². The van der Waals surface area contributed by atoms with E-state index in [0.29, 0.717) is 5.88 Å². The molecule has 4 heteroatoms. The standard InChI is InChI=1S/C12H16N2O2/c1-16-12-8-11(2-5-13-12)14-6-3-10(9-15)4-7-14/h2,5,8-10H,3-4,6-7H2,1H3. The van der Waals surface area contributed by atoms with Crippen molar-refractivity contribution in [3.8, 4) is 5.88 Å². The van der Waals surface area contributed by atoms with Crippen LogP contribution in [0.2, 0.25) is 0 Å². The summed E-state index contributed by atoms with van der Waals surface area (Å²) in [5.74, 6) is 0.870. The first kappa shape index (κ1) is 10.9. The summed E-state index contributed by atoms with van der Waals surface area (Å²) in [4.78, 5) is 17.0. The molecule has 2 heterocycles. The van der Waals surface area contributed by atoms with Gasteiger partial charge in [0.25, 0.3) is 0 Å². The van der Waals surface area contributed by atoms with Crippen LogP contribution < -0.4 is 9.64 Å². The molecule has 0 spiro atoms. The summed E-state index contributed by atoms with van der Waals surface area (Å²) in [6.07, 6.45) is 4.70. The van der Waals surface area contributed by atoms with Crippen molar-refractivity contribution < 1.29 is 9.53 Å². The van der Waals surface area contributed by atoms with Gasteiger partial charge in [0.2, 0.25) is 5.88 Å². The Morgan fingerprint density at radius 3 is 2.88 bits per heavy atom.